The van der Waals surface area contributed by atoms with E-state index in [-0.39, 0.29) is 11.4 Å². The maximum absolute atomic E-state index is 10.3. The minimum atomic E-state index is -0.565. The Morgan fingerprint density at radius 2 is 2.17 bits per heavy atom. The molecule has 6 nitrogen and oxygen atoms in total. The van der Waals surface area contributed by atoms with Crippen molar-refractivity contribution in [2.45, 2.75) is 0 Å². The normalized spacial score (nSPS) is 8.67. The molecule has 6 heteroatoms. The number of hydrogen-bond donors (Lipinski definition) is 1. The Morgan fingerprint density at radius 3 is 2.75 bits per heavy atom. The van der Waals surface area contributed by atoms with Crippen molar-refractivity contribution in [1.82, 2.24) is 4.91 Å². The van der Waals surface area contributed by atoms with Gasteiger partial charge in [0, 0.05) is 6.07 Å². The minimum Gasteiger partial charge on any atom is -0.258 e. The zero-order valence-electron chi connectivity index (χ0n) is 5.97. The largest absolute Gasteiger partial charge is 0.302 e. The summed E-state index contributed by atoms with van der Waals surface area (Å²) in [5.74, 6) is 0. The van der Waals surface area contributed by atoms with Crippen LogP contribution in [-0.2, 0) is 0 Å². The monoisotopic (exact) mass is 165 g/mol. The Labute approximate surface area is 67.2 Å². The third-order valence-electron chi connectivity index (χ3n) is 1.24. The molecule has 0 atom stereocenters. The molecule has 0 saturated heterocycles. The lowest BCUT2D eigenvalue weighted by Crippen LogP contribution is -1.87. The standard InChI is InChI=1S/C6H5N4O2/c7-9-8-5-3-1-2-4-6(5)10(11)12/h1-4,7H/q+1. The predicted octanol–water partition coefficient (Wildman–Crippen LogP) is 1.78. The molecular formula is C6H5N4O2+. The van der Waals surface area contributed by atoms with Gasteiger partial charge in [-0.2, -0.15) is 0 Å². The van der Waals surface area contributed by atoms with Gasteiger partial charge in [-0.1, -0.05) is 12.1 Å². The van der Waals surface area contributed by atoms with Gasteiger partial charge < -0.3 is 0 Å². The molecule has 0 aliphatic rings. The van der Waals surface area contributed by atoms with Gasteiger partial charge in [-0.3, -0.25) is 10.1 Å². The number of benzene rings is 1. The third-order valence-corrected chi connectivity index (χ3v) is 1.24. The Morgan fingerprint density at radius 1 is 1.50 bits per heavy atom. The Hall–Kier alpha value is -2.07. The highest BCUT2D eigenvalue weighted by molar-refractivity contribution is 5.55. The van der Waals surface area contributed by atoms with E-state index in [1.54, 1.807) is 6.07 Å². The molecule has 0 bridgehead atoms. The maximum Gasteiger partial charge on any atom is 0.302 e. The summed E-state index contributed by atoms with van der Waals surface area (Å²) in [5.41, 5.74) is 6.36. The second kappa shape index (κ2) is 3.36. The first-order valence-electron chi connectivity index (χ1n) is 3.06. The van der Waals surface area contributed by atoms with Gasteiger partial charge in [0.2, 0.25) is 10.6 Å². The van der Waals surface area contributed by atoms with Crippen LogP contribution >= 0.6 is 0 Å². The Kier molecular flexibility index (Phi) is 2.25. The first-order chi connectivity index (χ1) is 5.75. The summed E-state index contributed by atoms with van der Waals surface area (Å²) in [6.07, 6.45) is 0. The molecule has 0 aromatic heterocycles. The zero-order chi connectivity index (χ0) is 8.97. The first kappa shape index (κ1) is 8.03. The van der Waals surface area contributed by atoms with Gasteiger partial charge in [0.05, 0.1) is 4.92 Å². The number of nitrogens with one attached hydrogen (secondary N) is 1. The van der Waals surface area contributed by atoms with E-state index >= 15 is 0 Å². The summed E-state index contributed by atoms with van der Waals surface area (Å²) in [6.45, 7) is 0. The second-order valence-electron chi connectivity index (χ2n) is 1.95. The number of hydrogen-bond acceptors (Lipinski definition) is 4. The van der Waals surface area contributed by atoms with E-state index < -0.39 is 4.92 Å². The lowest BCUT2D eigenvalue weighted by Gasteiger charge is -1.88. The van der Waals surface area contributed by atoms with Crippen molar-refractivity contribution in [3.05, 3.63) is 34.4 Å². The summed E-state index contributed by atoms with van der Waals surface area (Å²) in [5, 5.41) is 13.6. The molecule has 0 aliphatic heterocycles. The van der Waals surface area contributed by atoms with E-state index in [9.17, 15) is 10.1 Å². The van der Waals surface area contributed by atoms with E-state index in [4.69, 9.17) is 5.53 Å². The highest BCUT2D eigenvalue weighted by Crippen LogP contribution is 2.25. The molecule has 12 heavy (non-hydrogen) atoms. The fraction of sp³-hybridized carbons (Fsp3) is 0. The highest BCUT2D eigenvalue weighted by Gasteiger charge is 2.14. The molecule has 1 aromatic carbocycles. The van der Waals surface area contributed by atoms with E-state index in [2.05, 4.69) is 10.0 Å². The molecule has 60 valence electrons. The van der Waals surface area contributed by atoms with E-state index in [1.807, 2.05) is 0 Å². The first-order valence-corrected chi connectivity index (χ1v) is 3.06. The average molecular weight is 165 g/mol. The molecule has 0 amide bonds. The molecule has 0 radical (unpaired) electrons. The molecule has 0 fully saturated rings. The van der Waals surface area contributed by atoms with Crippen LogP contribution in [0.3, 0.4) is 0 Å². The topological polar surface area (TPSA) is 93.5 Å². The SMILES string of the molecule is N=[N+]=Nc1ccccc1[N+](=O)[O-]. The molecule has 1 rings (SSSR count). The zero-order valence-corrected chi connectivity index (χ0v) is 5.97. The van der Waals surface area contributed by atoms with E-state index in [0.717, 1.165) is 0 Å². The van der Waals surface area contributed by atoms with Crippen LogP contribution in [0.1, 0.15) is 0 Å². The summed E-state index contributed by atoms with van der Waals surface area (Å²) >= 11 is 0. The molecule has 1 aromatic rings. The van der Waals surface area contributed by atoms with E-state index in [1.165, 1.54) is 18.2 Å². The summed E-state index contributed by atoms with van der Waals surface area (Å²) in [6, 6.07) is 5.86. The van der Waals surface area contributed by atoms with Gasteiger partial charge in [0.1, 0.15) is 5.53 Å². The van der Waals surface area contributed by atoms with Gasteiger partial charge in [-0.15, -0.1) is 0 Å². The van der Waals surface area contributed by atoms with Crippen LogP contribution in [-0.4, -0.2) is 4.92 Å². The number of nitro groups is 1. The van der Waals surface area contributed by atoms with Crippen LogP contribution in [0.5, 0.6) is 0 Å². The Balaban J connectivity index is 3.26. The maximum atomic E-state index is 10.3. The summed E-state index contributed by atoms with van der Waals surface area (Å²) < 4.78 is 0. The van der Waals surface area contributed by atoms with Crippen molar-refractivity contribution in [1.29, 1.82) is 5.53 Å². The van der Waals surface area contributed by atoms with Crippen LogP contribution in [0, 0.1) is 15.6 Å². The molecule has 0 saturated carbocycles. The van der Waals surface area contributed by atoms with Gasteiger partial charge >= 0.3 is 5.69 Å². The predicted molar refractivity (Wildman–Crippen MR) is 40.0 cm³/mol. The van der Waals surface area contributed by atoms with Crippen LogP contribution < -0.4 is 4.91 Å². The number of rotatable bonds is 2. The van der Waals surface area contributed by atoms with Crippen molar-refractivity contribution in [3.8, 4) is 0 Å². The van der Waals surface area contributed by atoms with Crippen molar-refractivity contribution in [2.24, 2.45) is 5.11 Å². The smallest absolute Gasteiger partial charge is 0.258 e. The minimum absolute atomic E-state index is 0.0949. The van der Waals surface area contributed by atoms with Crippen LogP contribution in [0.2, 0.25) is 0 Å². The van der Waals surface area contributed by atoms with Gasteiger partial charge in [-0.05, 0) is 6.07 Å². The third kappa shape index (κ3) is 1.50. The van der Waals surface area contributed by atoms with E-state index in [0.29, 0.717) is 0 Å². The van der Waals surface area contributed by atoms with Gasteiger partial charge in [-0.25, -0.2) is 0 Å². The van der Waals surface area contributed by atoms with Crippen molar-refractivity contribution < 1.29 is 4.92 Å². The van der Waals surface area contributed by atoms with Gasteiger partial charge in [0.15, 0.2) is 5.11 Å². The van der Waals surface area contributed by atoms with Crippen LogP contribution in [0.15, 0.2) is 29.4 Å². The number of nitro benzene ring substituents is 1. The fourth-order valence-electron chi connectivity index (χ4n) is 0.757. The Bertz CT molecular complexity index is 335. The quantitative estimate of drug-likeness (QED) is 0.313. The molecule has 1 N–H and O–H groups in total. The summed E-state index contributed by atoms with van der Waals surface area (Å²) in [4.78, 5) is 12.5. The molecule has 0 unspecified atom stereocenters. The summed E-state index contributed by atoms with van der Waals surface area (Å²) in [7, 11) is 0. The van der Waals surface area contributed by atoms with Crippen molar-refractivity contribution >= 4 is 11.4 Å². The average Bonchev–Trinajstić information content (AvgIpc) is 2.05. The lowest BCUT2D eigenvalue weighted by atomic mass is 10.3. The van der Waals surface area contributed by atoms with Crippen molar-refractivity contribution in [2.75, 3.05) is 0 Å². The van der Waals surface area contributed by atoms with Crippen LogP contribution in [0.25, 0.3) is 0 Å². The fourth-order valence-corrected chi connectivity index (χ4v) is 0.757. The number of nitrogens with zero attached hydrogens (tertiary/aromatic N) is 3. The highest BCUT2D eigenvalue weighted by atomic mass is 16.6. The molecular weight excluding hydrogens is 160 g/mol. The molecule has 0 spiro atoms. The van der Waals surface area contributed by atoms with Crippen molar-refractivity contribution in [3.63, 3.8) is 0 Å². The number of para-hydroxylation sites is 1. The molecule has 0 heterocycles. The molecule has 0 aliphatic carbocycles. The van der Waals surface area contributed by atoms with Gasteiger partial charge in [0.25, 0.3) is 0 Å². The van der Waals surface area contributed by atoms with Crippen LogP contribution in [0.4, 0.5) is 11.4 Å². The second-order valence-corrected chi connectivity index (χ2v) is 1.95. The lowest BCUT2D eigenvalue weighted by molar-refractivity contribution is -0.384.